The number of anilines is 1. The van der Waals surface area contributed by atoms with Crippen LogP contribution in [0.2, 0.25) is 0 Å². The summed E-state index contributed by atoms with van der Waals surface area (Å²) in [6, 6.07) is 7.74. The summed E-state index contributed by atoms with van der Waals surface area (Å²) < 4.78 is 0. The molecule has 1 unspecified atom stereocenters. The third-order valence-electron chi connectivity index (χ3n) is 4.23. The monoisotopic (exact) mass is 288 g/mol. The van der Waals surface area contributed by atoms with Crippen LogP contribution in [0, 0.1) is 0 Å². The van der Waals surface area contributed by atoms with Gasteiger partial charge in [0.25, 0.3) is 0 Å². The van der Waals surface area contributed by atoms with E-state index in [-0.39, 0.29) is 18.4 Å². The maximum Gasteiger partial charge on any atom is 0.242 e. The second-order valence-corrected chi connectivity index (χ2v) is 5.74. The summed E-state index contributed by atoms with van der Waals surface area (Å²) in [6.45, 7) is 1.12. The SMILES string of the molecule is O=C(CN1C(=O)CCc2ccccc21)N1CCCC(O)C1. The van der Waals surface area contributed by atoms with Gasteiger partial charge in [-0.05, 0) is 30.9 Å². The maximum absolute atomic E-state index is 12.4. The predicted octanol–water partition coefficient (Wildman–Crippen LogP) is 0.949. The zero-order valence-electron chi connectivity index (χ0n) is 12.0. The molecule has 3 rings (SSSR count). The largest absolute Gasteiger partial charge is 0.391 e. The van der Waals surface area contributed by atoms with Crippen LogP contribution in [0.25, 0.3) is 0 Å². The second kappa shape index (κ2) is 5.85. The molecule has 0 spiro atoms. The van der Waals surface area contributed by atoms with Crippen LogP contribution >= 0.6 is 0 Å². The molecule has 1 aromatic carbocycles. The van der Waals surface area contributed by atoms with Crippen molar-refractivity contribution >= 4 is 17.5 Å². The van der Waals surface area contributed by atoms with Crippen molar-refractivity contribution < 1.29 is 14.7 Å². The highest BCUT2D eigenvalue weighted by Gasteiger charge is 2.29. The molecule has 5 heteroatoms. The predicted molar refractivity (Wildman–Crippen MR) is 78.9 cm³/mol. The fourth-order valence-corrected chi connectivity index (χ4v) is 3.09. The highest BCUT2D eigenvalue weighted by Crippen LogP contribution is 2.27. The molecule has 0 saturated carbocycles. The summed E-state index contributed by atoms with van der Waals surface area (Å²) in [5, 5.41) is 9.67. The normalized spacial score (nSPS) is 22.1. The van der Waals surface area contributed by atoms with Crippen molar-refractivity contribution in [3.8, 4) is 0 Å². The molecule has 0 aliphatic carbocycles. The molecule has 1 fully saturated rings. The van der Waals surface area contributed by atoms with E-state index in [1.165, 1.54) is 0 Å². The number of likely N-dealkylation sites (tertiary alicyclic amines) is 1. The minimum Gasteiger partial charge on any atom is -0.391 e. The lowest BCUT2D eigenvalue weighted by Gasteiger charge is -2.34. The standard InChI is InChI=1S/C16H20N2O3/c19-13-5-3-9-17(10-13)16(21)11-18-14-6-2-1-4-12(14)7-8-15(18)20/h1-2,4,6,13,19H,3,5,7-11H2. The molecule has 21 heavy (non-hydrogen) atoms. The summed E-state index contributed by atoms with van der Waals surface area (Å²) >= 11 is 0. The molecule has 1 saturated heterocycles. The molecular weight excluding hydrogens is 268 g/mol. The number of amides is 2. The Bertz CT molecular complexity index is 558. The Morgan fingerprint density at radius 2 is 2.10 bits per heavy atom. The van der Waals surface area contributed by atoms with Gasteiger partial charge < -0.3 is 14.9 Å². The van der Waals surface area contributed by atoms with E-state index >= 15 is 0 Å². The third kappa shape index (κ3) is 2.93. The molecule has 2 amide bonds. The number of piperidine rings is 1. The average molecular weight is 288 g/mol. The lowest BCUT2D eigenvalue weighted by molar-refractivity contribution is -0.134. The summed E-state index contributed by atoms with van der Waals surface area (Å²) in [7, 11) is 0. The van der Waals surface area contributed by atoms with Crippen molar-refractivity contribution in [1.82, 2.24) is 4.90 Å². The topological polar surface area (TPSA) is 60.9 Å². The molecule has 2 aliphatic heterocycles. The van der Waals surface area contributed by atoms with Crippen molar-refractivity contribution in [2.24, 2.45) is 0 Å². The number of aryl methyl sites for hydroxylation is 1. The summed E-state index contributed by atoms with van der Waals surface area (Å²) in [4.78, 5) is 27.8. The van der Waals surface area contributed by atoms with Crippen LogP contribution in [0.15, 0.2) is 24.3 Å². The van der Waals surface area contributed by atoms with Gasteiger partial charge in [0.2, 0.25) is 11.8 Å². The number of benzene rings is 1. The number of carbonyl (C=O) groups is 2. The molecular formula is C16H20N2O3. The lowest BCUT2D eigenvalue weighted by atomic mass is 10.0. The fraction of sp³-hybridized carbons (Fsp3) is 0.500. The van der Waals surface area contributed by atoms with Crippen molar-refractivity contribution in [1.29, 1.82) is 0 Å². The van der Waals surface area contributed by atoms with Crippen LogP contribution in [-0.4, -0.2) is 47.6 Å². The van der Waals surface area contributed by atoms with Gasteiger partial charge in [0.05, 0.1) is 6.10 Å². The third-order valence-corrected chi connectivity index (χ3v) is 4.23. The van der Waals surface area contributed by atoms with Gasteiger partial charge in [-0.15, -0.1) is 0 Å². The van der Waals surface area contributed by atoms with Crippen molar-refractivity contribution in [3.05, 3.63) is 29.8 Å². The van der Waals surface area contributed by atoms with Crippen LogP contribution in [-0.2, 0) is 16.0 Å². The molecule has 2 heterocycles. The smallest absolute Gasteiger partial charge is 0.242 e. The first-order valence-electron chi connectivity index (χ1n) is 7.49. The van der Waals surface area contributed by atoms with Crippen molar-refractivity contribution in [2.45, 2.75) is 31.8 Å². The number of β-amino-alcohol motifs (C(OH)–C–C–N with tert-alkyl or cyclic N) is 1. The minimum absolute atomic E-state index is 0.000363. The first-order chi connectivity index (χ1) is 10.1. The second-order valence-electron chi connectivity index (χ2n) is 5.74. The van der Waals surface area contributed by atoms with Gasteiger partial charge >= 0.3 is 0 Å². The number of hydrogen-bond acceptors (Lipinski definition) is 3. The van der Waals surface area contributed by atoms with Gasteiger partial charge in [-0.2, -0.15) is 0 Å². The van der Waals surface area contributed by atoms with E-state index in [9.17, 15) is 14.7 Å². The molecule has 0 bridgehead atoms. The van der Waals surface area contributed by atoms with Gasteiger partial charge in [0, 0.05) is 25.2 Å². The number of para-hydroxylation sites is 1. The van der Waals surface area contributed by atoms with E-state index in [0.29, 0.717) is 19.5 Å². The number of nitrogens with zero attached hydrogens (tertiary/aromatic N) is 2. The summed E-state index contributed by atoms with van der Waals surface area (Å²) in [5.41, 5.74) is 1.96. The average Bonchev–Trinajstić information content (AvgIpc) is 2.50. The number of fused-ring (bicyclic) bond motifs is 1. The van der Waals surface area contributed by atoms with Crippen LogP contribution in [0.3, 0.4) is 0 Å². The molecule has 0 aromatic heterocycles. The Morgan fingerprint density at radius 1 is 1.29 bits per heavy atom. The number of rotatable bonds is 2. The van der Waals surface area contributed by atoms with Crippen LogP contribution < -0.4 is 4.90 Å². The van der Waals surface area contributed by atoms with Crippen LogP contribution in [0.4, 0.5) is 5.69 Å². The van der Waals surface area contributed by atoms with Crippen molar-refractivity contribution in [3.63, 3.8) is 0 Å². The van der Waals surface area contributed by atoms with Gasteiger partial charge in [0.15, 0.2) is 0 Å². The number of aliphatic hydroxyl groups is 1. The van der Waals surface area contributed by atoms with E-state index in [2.05, 4.69) is 0 Å². The Morgan fingerprint density at radius 3 is 2.90 bits per heavy atom. The van der Waals surface area contributed by atoms with Gasteiger partial charge in [-0.1, -0.05) is 18.2 Å². The molecule has 112 valence electrons. The summed E-state index contributed by atoms with van der Waals surface area (Å²) in [5.74, 6) is -0.0848. The molecule has 0 radical (unpaired) electrons. The van der Waals surface area contributed by atoms with Gasteiger partial charge in [0.1, 0.15) is 6.54 Å². The van der Waals surface area contributed by atoms with E-state index in [1.54, 1.807) is 9.80 Å². The van der Waals surface area contributed by atoms with Crippen LogP contribution in [0.5, 0.6) is 0 Å². The highest BCUT2D eigenvalue weighted by atomic mass is 16.3. The Labute approximate surface area is 124 Å². The van der Waals surface area contributed by atoms with E-state index < -0.39 is 6.10 Å². The highest BCUT2D eigenvalue weighted by molar-refractivity contribution is 6.01. The Kier molecular flexibility index (Phi) is 3.92. The minimum atomic E-state index is -0.438. The van der Waals surface area contributed by atoms with Crippen LogP contribution in [0.1, 0.15) is 24.8 Å². The van der Waals surface area contributed by atoms with E-state index in [4.69, 9.17) is 0 Å². The lowest BCUT2D eigenvalue weighted by Crippen LogP contribution is -2.48. The van der Waals surface area contributed by atoms with Crippen molar-refractivity contribution in [2.75, 3.05) is 24.5 Å². The van der Waals surface area contributed by atoms with E-state index in [0.717, 1.165) is 30.5 Å². The van der Waals surface area contributed by atoms with Gasteiger partial charge in [-0.25, -0.2) is 0 Å². The molecule has 2 aliphatic rings. The number of carbonyl (C=O) groups excluding carboxylic acids is 2. The first kappa shape index (κ1) is 14.1. The van der Waals surface area contributed by atoms with Gasteiger partial charge in [-0.3, -0.25) is 9.59 Å². The molecule has 1 atom stereocenters. The first-order valence-corrected chi connectivity index (χ1v) is 7.49. The summed E-state index contributed by atoms with van der Waals surface area (Å²) in [6.07, 6.45) is 2.31. The quantitative estimate of drug-likeness (QED) is 0.881. The zero-order valence-corrected chi connectivity index (χ0v) is 12.0. The Balaban J connectivity index is 1.74. The maximum atomic E-state index is 12.4. The number of aliphatic hydroxyl groups excluding tert-OH is 1. The Hall–Kier alpha value is -1.88. The number of hydrogen-bond donors (Lipinski definition) is 1. The molecule has 1 N–H and O–H groups in total. The molecule has 1 aromatic rings. The fourth-order valence-electron chi connectivity index (χ4n) is 3.09. The zero-order chi connectivity index (χ0) is 14.8. The van der Waals surface area contributed by atoms with E-state index in [1.807, 2.05) is 24.3 Å². The molecule has 5 nitrogen and oxygen atoms in total.